The molecule has 29 heavy (non-hydrogen) atoms. The molecule has 0 bridgehead atoms. The molecule has 0 radical (unpaired) electrons. The number of methoxy groups -OCH3 is 4. The summed E-state index contributed by atoms with van der Waals surface area (Å²) >= 11 is 0. The summed E-state index contributed by atoms with van der Waals surface area (Å²) in [5, 5.41) is 32.8. The molecular weight excluding hydrogens is 376 g/mol. The molecule has 3 rings (SSSR count). The number of aliphatic hydroxyl groups is 1. The van der Waals surface area contributed by atoms with Crippen LogP contribution in [-0.4, -0.2) is 43.8 Å². The smallest absolute Gasteiger partial charge is 0.203 e. The van der Waals surface area contributed by atoms with E-state index in [9.17, 15) is 15.3 Å². The van der Waals surface area contributed by atoms with Gasteiger partial charge in [-0.1, -0.05) is 13.8 Å². The number of hydrogen-bond acceptors (Lipinski definition) is 7. The topological polar surface area (TPSA) is 97.6 Å². The van der Waals surface area contributed by atoms with Gasteiger partial charge < -0.3 is 34.3 Å². The largest absolute Gasteiger partial charge is 0.504 e. The van der Waals surface area contributed by atoms with Crippen molar-refractivity contribution in [2.75, 3.05) is 28.4 Å². The summed E-state index contributed by atoms with van der Waals surface area (Å²) in [7, 11) is 5.83. The molecule has 0 heterocycles. The molecular formula is C22H28O7. The Morgan fingerprint density at radius 2 is 1.45 bits per heavy atom. The number of fused-ring (bicyclic) bond motifs is 3. The minimum absolute atomic E-state index is 0.0876. The van der Waals surface area contributed by atoms with Gasteiger partial charge >= 0.3 is 0 Å². The fourth-order valence-corrected chi connectivity index (χ4v) is 4.12. The van der Waals surface area contributed by atoms with Crippen LogP contribution < -0.4 is 18.9 Å². The SMILES string of the molecule is COc1cc2c(c(O)c1OC)-c1c(cc(O)c(OC)c1OC)[C@@H](O)[C@H](C)[C@H](C)C2. The van der Waals surface area contributed by atoms with E-state index in [1.807, 2.05) is 19.9 Å². The van der Waals surface area contributed by atoms with E-state index in [1.165, 1.54) is 34.5 Å². The summed E-state index contributed by atoms with van der Waals surface area (Å²) in [5.41, 5.74) is 2.19. The molecule has 1 aliphatic rings. The molecule has 0 unspecified atom stereocenters. The van der Waals surface area contributed by atoms with Gasteiger partial charge in [0.25, 0.3) is 0 Å². The minimum Gasteiger partial charge on any atom is -0.504 e. The zero-order valence-electron chi connectivity index (χ0n) is 17.6. The van der Waals surface area contributed by atoms with Crippen molar-refractivity contribution in [2.45, 2.75) is 26.4 Å². The van der Waals surface area contributed by atoms with E-state index in [0.717, 1.165) is 5.56 Å². The lowest BCUT2D eigenvalue weighted by molar-refractivity contribution is 0.0862. The van der Waals surface area contributed by atoms with Crippen molar-refractivity contribution in [3.63, 3.8) is 0 Å². The van der Waals surface area contributed by atoms with Gasteiger partial charge in [0.15, 0.2) is 23.0 Å². The zero-order chi connectivity index (χ0) is 21.5. The van der Waals surface area contributed by atoms with Gasteiger partial charge in [-0.2, -0.15) is 0 Å². The van der Waals surface area contributed by atoms with Crippen LogP contribution in [0, 0.1) is 11.8 Å². The Hall–Kier alpha value is -2.80. The third-order valence-electron chi connectivity index (χ3n) is 5.89. The molecule has 1 aliphatic carbocycles. The van der Waals surface area contributed by atoms with Crippen LogP contribution in [-0.2, 0) is 6.42 Å². The Balaban J connectivity index is 2.52. The first kappa shape index (κ1) is 20.9. The number of phenols is 2. The van der Waals surface area contributed by atoms with Gasteiger partial charge in [-0.25, -0.2) is 0 Å². The molecule has 0 amide bonds. The Morgan fingerprint density at radius 1 is 0.828 bits per heavy atom. The molecule has 0 saturated carbocycles. The molecule has 2 aromatic rings. The van der Waals surface area contributed by atoms with Crippen molar-refractivity contribution in [2.24, 2.45) is 11.8 Å². The quantitative estimate of drug-likeness (QED) is 0.715. The summed E-state index contributed by atoms with van der Waals surface area (Å²) in [6.07, 6.45) is -0.292. The van der Waals surface area contributed by atoms with Crippen molar-refractivity contribution in [1.82, 2.24) is 0 Å². The zero-order valence-corrected chi connectivity index (χ0v) is 17.6. The van der Waals surface area contributed by atoms with Crippen molar-refractivity contribution >= 4 is 0 Å². The third kappa shape index (κ3) is 3.19. The van der Waals surface area contributed by atoms with Gasteiger partial charge in [-0.3, -0.25) is 0 Å². The number of aliphatic hydroxyl groups excluding tert-OH is 1. The van der Waals surface area contributed by atoms with Crippen molar-refractivity contribution in [3.05, 3.63) is 23.3 Å². The van der Waals surface area contributed by atoms with Gasteiger partial charge in [-0.15, -0.1) is 0 Å². The van der Waals surface area contributed by atoms with Crippen molar-refractivity contribution in [3.8, 4) is 45.6 Å². The molecule has 0 fully saturated rings. The number of hydrogen-bond donors (Lipinski definition) is 3. The summed E-state index contributed by atoms with van der Waals surface area (Å²) in [6, 6.07) is 3.30. The molecule has 0 saturated heterocycles. The highest BCUT2D eigenvalue weighted by Crippen LogP contribution is 2.56. The summed E-state index contributed by atoms with van der Waals surface area (Å²) in [4.78, 5) is 0. The fourth-order valence-electron chi connectivity index (χ4n) is 4.12. The number of rotatable bonds is 4. The molecule has 2 aromatic carbocycles. The Kier molecular flexibility index (Phi) is 5.71. The number of ether oxygens (including phenoxy) is 4. The van der Waals surface area contributed by atoms with Crippen LogP contribution >= 0.6 is 0 Å². The van der Waals surface area contributed by atoms with E-state index in [0.29, 0.717) is 28.9 Å². The maximum absolute atomic E-state index is 11.2. The first-order valence-corrected chi connectivity index (χ1v) is 9.43. The lowest BCUT2D eigenvalue weighted by Gasteiger charge is -2.33. The molecule has 0 aliphatic heterocycles. The highest BCUT2D eigenvalue weighted by molar-refractivity contribution is 5.88. The normalized spacial score (nSPS) is 20.7. The van der Waals surface area contributed by atoms with E-state index in [2.05, 4.69) is 0 Å². The van der Waals surface area contributed by atoms with E-state index >= 15 is 0 Å². The van der Waals surface area contributed by atoms with Crippen LogP contribution in [0.25, 0.3) is 11.1 Å². The van der Waals surface area contributed by atoms with Gasteiger partial charge in [0.2, 0.25) is 11.5 Å². The van der Waals surface area contributed by atoms with Crippen LogP contribution in [0.3, 0.4) is 0 Å². The number of phenolic OH excluding ortho intramolecular Hbond substituents is 2. The highest BCUT2D eigenvalue weighted by atomic mass is 16.5. The monoisotopic (exact) mass is 404 g/mol. The van der Waals surface area contributed by atoms with Gasteiger partial charge in [-0.05, 0) is 41.5 Å². The van der Waals surface area contributed by atoms with Gasteiger partial charge in [0.05, 0.1) is 34.5 Å². The van der Waals surface area contributed by atoms with Gasteiger partial charge in [0.1, 0.15) is 0 Å². The molecule has 7 nitrogen and oxygen atoms in total. The second kappa shape index (κ2) is 7.91. The van der Waals surface area contributed by atoms with Crippen LogP contribution in [0.5, 0.6) is 34.5 Å². The molecule has 158 valence electrons. The maximum Gasteiger partial charge on any atom is 0.203 e. The molecule has 3 N–H and O–H groups in total. The van der Waals surface area contributed by atoms with Crippen LogP contribution in [0.1, 0.15) is 31.1 Å². The molecule has 0 spiro atoms. The first-order chi connectivity index (χ1) is 13.8. The lowest BCUT2D eigenvalue weighted by atomic mass is 9.76. The average molecular weight is 404 g/mol. The van der Waals surface area contributed by atoms with E-state index in [-0.39, 0.29) is 40.6 Å². The second-order valence-electron chi connectivity index (χ2n) is 7.41. The van der Waals surface area contributed by atoms with Crippen LogP contribution in [0.15, 0.2) is 12.1 Å². The van der Waals surface area contributed by atoms with Crippen molar-refractivity contribution in [1.29, 1.82) is 0 Å². The predicted octanol–water partition coefficient (Wildman–Crippen LogP) is 3.66. The maximum atomic E-state index is 11.2. The molecule has 0 aromatic heterocycles. The highest BCUT2D eigenvalue weighted by Gasteiger charge is 2.36. The third-order valence-corrected chi connectivity index (χ3v) is 5.89. The van der Waals surface area contributed by atoms with Crippen LogP contribution in [0.4, 0.5) is 0 Å². The Morgan fingerprint density at radius 3 is 2.00 bits per heavy atom. The minimum atomic E-state index is -0.883. The fraction of sp³-hybridized carbons (Fsp3) is 0.455. The Labute approximate surface area is 170 Å². The predicted molar refractivity (Wildman–Crippen MR) is 108 cm³/mol. The lowest BCUT2D eigenvalue weighted by Crippen LogP contribution is -2.22. The summed E-state index contributed by atoms with van der Waals surface area (Å²) in [5.74, 6) is 0.649. The average Bonchev–Trinajstić information content (AvgIpc) is 2.71. The summed E-state index contributed by atoms with van der Waals surface area (Å²) < 4.78 is 21.7. The van der Waals surface area contributed by atoms with Crippen molar-refractivity contribution < 1.29 is 34.3 Å². The van der Waals surface area contributed by atoms with E-state index < -0.39 is 6.10 Å². The molecule has 7 heteroatoms. The first-order valence-electron chi connectivity index (χ1n) is 9.43. The van der Waals surface area contributed by atoms with Gasteiger partial charge in [0, 0.05) is 11.1 Å². The standard InChI is InChI=1S/C22H28O7/c1-10-7-12-8-15(26-3)21(28-5)19(25)16(12)17-13(18(24)11(10)2)9-14(23)20(27-4)22(17)29-6/h8-11,18,23-25H,7H2,1-6H3/t10-,11-,18+/m1/s1. The van der Waals surface area contributed by atoms with E-state index in [4.69, 9.17) is 18.9 Å². The number of aromatic hydroxyl groups is 2. The Bertz CT molecular complexity index is 922. The van der Waals surface area contributed by atoms with E-state index in [1.54, 1.807) is 0 Å². The number of benzene rings is 2. The summed E-state index contributed by atoms with van der Waals surface area (Å²) in [6.45, 7) is 4.00. The molecule has 3 atom stereocenters. The van der Waals surface area contributed by atoms with Crippen LogP contribution in [0.2, 0.25) is 0 Å². The second-order valence-corrected chi connectivity index (χ2v) is 7.41.